The Morgan fingerprint density at radius 2 is 1.31 bits per heavy atom. The fourth-order valence-electron chi connectivity index (χ4n) is 1.46. The predicted octanol–water partition coefficient (Wildman–Crippen LogP) is -1.22. The molecule has 0 aromatic heterocycles. The van der Waals surface area contributed by atoms with Crippen molar-refractivity contribution in [2.75, 3.05) is 13.2 Å². The average molecular weight is 234 g/mol. The number of aliphatic hydroxyl groups is 2. The van der Waals surface area contributed by atoms with Crippen LogP contribution in [0.25, 0.3) is 0 Å². The maximum atomic E-state index is 10.6. The number of carbonyl (C=O) groups excluding carboxylic acids is 2. The molecule has 16 heavy (non-hydrogen) atoms. The van der Waals surface area contributed by atoms with E-state index in [4.69, 9.17) is 0 Å². The minimum absolute atomic E-state index is 0.154. The maximum Gasteiger partial charge on any atom is 0.508 e. The first kappa shape index (κ1) is 11.0. The van der Waals surface area contributed by atoms with Crippen LogP contribution < -0.4 is 0 Å². The summed E-state index contributed by atoms with van der Waals surface area (Å²) in [6, 6.07) is 0. The van der Waals surface area contributed by atoms with Crippen LogP contribution in [0.5, 0.6) is 0 Å². The third-order valence-electron chi connectivity index (χ3n) is 2.34. The SMILES string of the molecule is O=C1OCC(C(O)C(O)C2COC(=O)O2)O1. The Bertz CT molecular complexity index is 272. The monoisotopic (exact) mass is 234 g/mol. The van der Waals surface area contributed by atoms with Crippen LogP contribution in [0.15, 0.2) is 0 Å². The van der Waals surface area contributed by atoms with Gasteiger partial charge in [0.2, 0.25) is 0 Å². The van der Waals surface area contributed by atoms with E-state index < -0.39 is 36.7 Å². The molecule has 0 spiro atoms. The smallest absolute Gasteiger partial charge is 0.430 e. The molecule has 0 saturated carbocycles. The van der Waals surface area contributed by atoms with Gasteiger partial charge in [-0.15, -0.1) is 0 Å². The van der Waals surface area contributed by atoms with Crippen molar-refractivity contribution in [2.45, 2.75) is 24.4 Å². The second kappa shape index (κ2) is 4.14. The van der Waals surface area contributed by atoms with Gasteiger partial charge in [-0.1, -0.05) is 0 Å². The van der Waals surface area contributed by atoms with E-state index in [0.29, 0.717) is 0 Å². The Labute approximate surface area is 89.6 Å². The molecule has 0 aromatic carbocycles. The standard InChI is InChI=1S/C8H10O8/c9-5(3-1-13-7(11)15-3)6(10)4-2-14-8(12)16-4/h3-6,9-10H,1-2H2. The summed E-state index contributed by atoms with van der Waals surface area (Å²) in [6.45, 7) is -0.308. The van der Waals surface area contributed by atoms with Gasteiger partial charge in [-0.2, -0.15) is 0 Å². The summed E-state index contributed by atoms with van der Waals surface area (Å²) in [4.78, 5) is 21.2. The molecule has 8 nitrogen and oxygen atoms in total. The topological polar surface area (TPSA) is 112 Å². The van der Waals surface area contributed by atoms with E-state index in [9.17, 15) is 19.8 Å². The van der Waals surface area contributed by atoms with Crippen molar-refractivity contribution in [1.82, 2.24) is 0 Å². The largest absolute Gasteiger partial charge is 0.508 e. The Morgan fingerprint density at radius 1 is 0.938 bits per heavy atom. The van der Waals surface area contributed by atoms with E-state index >= 15 is 0 Å². The third-order valence-corrected chi connectivity index (χ3v) is 2.34. The number of hydrogen-bond acceptors (Lipinski definition) is 8. The molecule has 2 rings (SSSR count). The van der Waals surface area contributed by atoms with Crippen LogP contribution in [0.2, 0.25) is 0 Å². The molecule has 0 radical (unpaired) electrons. The molecule has 4 unspecified atom stereocenters. The number of rotatable bonds is 3. The van der Waals surface area contributed by atoms with Crippen molar-refractivity contribution in [3.8, 4) is 0 Å². The van der Waals surface area contributed by atoms with Crippen LogP contribution >= 0.6 is 0 Å². The van der Waals surface area contributed by atoms with Gasteiger partial charge in [0.15, 0.2) is 12.2 Å². The van der Waals surface area contributed by atoms with Crippen LogP contribution in [0.1, 0.15) is 0 Å². The molecule has 2 saturated heterocycles. The van der Waals surface area contributed by atoms with Gasteiger partial charge >= 0.3 is 12.3 Å². The van der Waals surface area contributed by atoms with Crippen molar-refractivity contribution in [3.05, 3.63) is 0 Å². The Balaban J connectivity index is 1.91. The third kappa shape index (κ3) is 2.02. The Hall–Kier alpha value is -1.54. The van der Waals surface area contributed by atoms with Gasteiger partial charge in [0.1, 0.15) is 25.4 Å². The highest BCUT2D eigenvalue weighted by Gasteiger charge is 2.42. The highest BCUT2D eigenvalue weighted by atomic mass is 16.8. The van der Waals surface area contributed by atoms with Crippen molar-refractivity contribution >= 4 is 12.3 Å². The lowest BCUT2D eigenvalue weighted by molar-refractivity contribution is -0.0889. The summed E-state index contributed by atoms with van der Waals surface area (Å²) >= 11 is 0. The van der Waals surface area contributed by atoms with Gasteiger partial charge in [0.05, 0.1) is 0 Å². The van der Waals surface area contributed by atoms with Crippen LogP contribution in [-0.4, -0.2) is 60.2 Å². The highest BCUT2D eigenvalue weighted by molar-refractivity contribution is 5.62. The van der Waals surface area contributed by atoms with E-state index in [0.717, 1.165) is 0 Å². The highest BCUT2D eigenvalue weighted by Crippen LogP contribution is 2.19. The Kier molecular flexibility index (Phi) is 2.84. The van der Waals surface area contributed by atoms with Crippen molar-refractivity contribution < 1.29 is 38.7 Å². The zero-order chi connectivity index (χ0) is 11.7. The quantitative estimate of drug-likeness (QED) is 0.584. The zero-order valence-corrected chi connectivity index (χ0v) is 8.07. The van der Waals surface area contributed by atoms with Crippen LogP contribution in [-0.2, 0) is 18.9 Å². The average Bonchev–Trinajstić information content (AvgIpc) is 2.85. The van der Waals surface area contributed by atoms with Crippen molar-refractivity contribution in [3.63, 3.8) is 0 Å². The molecule has 2 heterocycles. The van der Waals surface area contributed by atoms with Crippen LogP contribution in [0.4, 0.5) is 9.59 Å². The van der Waals surface area contributed by atoms with Gasteiger partial charge in [0.25, 0.3) is 0 Å². The van der Waals surface area contributed by atoms with E-state index in [2.05, 4.69) is 18.9 Å². The second-order valence-corrected chi connectivity index (χ2v) is 3.42. The molecule has 2 fully saturated rings. The minimum atomic E-state index is -1.40. The first-order valence-corrected chi connectivity index (χ1v) is 4.61. The maximum absolute atomic E-state index is 10.6. The molecule has 2 aliphatic rings. The lowest BCUT2D eigenvalue weighted by atomic mass is 10.0. The van der Waals surface area contributed by atoms with E-state index in [1.807, 2.05) is 0 Å². The minimum Gasteiger partial charge on any atom is -0.430 e. The van der Waals surface area contributed by atoms with E-state index in [1.54, 1.807) is 0 Å². The van der Waals surface area contributed by atoms with Gasteiger partial charge in [0, 0.05) is 0 Å². The predicted molar refractivity (Wildman–Crippen MR) is 44.5 cm³/mol. The van der Waals surface area contributed by atoms with E-state index in [-0.39, 0.29) is 13.2 Å². The fraction of sp³-hybridized carbons (Fsp3) is 0.750. The molecule has 4 atom stereocenters. The summed E-state index contributed by atoms with van der Waals surface area (Å²) in [5.74, 6) is 0. The first-order valence-electron chi connectivity index (χ1n) is 4.61. The van der Waals surface area contributed by atoms with Gasteiger partial charge in [-0.3, -0.25) is 0 Å². The second-order valence-electron chi connectivity index (χ2n) is 3.42. The normalized spacial score (nSPS) is 32.4. The van der Waals surface area contributed by atoms with Gasteiger partial charge in [-0.25, -0.2) is 9.59 Å². The molecule has 2 N–H and O–H groups in total. The van der Waals surface area contributed by atoms with Crippen molar-refractivity contribution in [2.24, 2.45) is 0 Å². The molecule has 0 bridgehead atoms. The fourth-order valence-corrected chi connectivity index (χ4v) is 1.46. The van der Waals surface area contributed by atoms with Gasteiger partial charge in [-0.05, 0) is 0 Å². The lowest BCUT2D eigenvalue weighted by Gasteiger charge is -2.23. The van der Waals surface area contributed by atoms with E-state index in [1.165, 1.54) is 0 Å². The molecule has 0 amide bonds. The number of hydrogen-bond donors (Lipinski definition) is 2. The first-order chi connectivity index (χ1) is 7.58. The number of cyclic esters (lactones) is 4. The molecule has 2 aliphatic heterocycles. The lowest BCUT2D eigenvalue weighted by Crippen LogP contribution is -2.46. The number of carbonyl (C=O) groups is 2. The van der Waals surface area contributed by atoms with Crippen LogP contribution in [0.3, 0.4) is 0 Å². The Morgan fingerprint density at radius 3 is 1.56 bits per heavy atom. The summed E-state index contributed by atoms with van der Waals surface area (Å²) < 4.78 is 18.1. The summed E-state index contributed by atoms with van der Waals surface area (Å²) in [6.07, 6.45) is -6.55. The van der Waals surface area contributed by atoms with Gasteiger partial charge < -0.3 is 29.2 Å². The molecule has 0 aromatic rings. The molecule has 8 heteroatoms. The molecular formula is C8H10O8. The molecule has 90 valence electrons. The molecule has 0 aliphatic carbocycles. The zero-order valence-electron chi connectivity index (χ0n) is 8.07. The molecular weight excluding hydrogens is 224 g/mol. The summed E-state index contributed by atoms with van der Waals surface area (Å²) in [5.41, 5.74) is 0. The number of ether oxygens (including phenoxy) is 4. The summed E-state index contributed by atoms with van der Waals surface area (Å²) in [7, 11) is 0. The summed E-state index contributed by atoms with van der Waals surface area (Å²) in [5, 5.41) is 19.3. The van der Waals surface area contributed by atoms with Crippen molar-refractivity contribution in [1.29, 1.82) is 0 Å². The van der Waals surface area contributed by atoms with Crippen LogP contribution in [0, 0.1) is 0 Å². The number of aliphatic hydroxyl groups excluding tert-OH is 2.